The highest BCUT2D eigenvalue weighted by Crippen LogP contribution is 2.30. The molecular formula is C13H14N6O2. The molecule has 0 spiro atoms. The molecule has 1 saturated heterocycles. The van der Waals surface area contributed by atoms with Crippen molar-refractivity contribution >= 4 is 22.6 Å². The van der Waals surface area contributed by atoms with Crippen LogP contribution in [0.5, 0.6) is 0 Å². The molecule has 8 heteroatoms. The van der Waals surface area contributed by atoms with Crippen LogP contribution in [-0.4, -0.2) is 54.0 Å². The molecule has 1 aliphatic heterocycles. The summed E-state index contributed by atoms with van der Waals surface area (Å²) < 4.78 is 1.66. The molecule has 1 aliphatic rings. The van der Waals surface area contributed by atoms with E-state index >= 15 is 0 Å². The number of carboxylic acid groups (broad SMARTS) is 1. The number of aromatic amines is 1. The van der Waals surface area contributed by atoms with Crippen LogP contribution in [0.15, 0.2) is 18.6 Å². The van der Waals surface area contributed by atoms with Crippen molar-refractivity contribution in [1.29, 1.82) is 0 Å². The fraction of sp³-hybridized carbons (Fsp3) is 0.385. The van der Waals surface area contributed by atoms with Crippen molar-refractivity contribution in [3.05, 3.63) is 24.3 Å². The average Bonchev–Trinajstić information content (AvgIpc) is 3.13. The number of nitrogens with one attached hydrogen (secondary N) is 1. The van der Waals surface area contributed by atoms with Gasteiger partial charge in [0.15, 0.2) is 0 Å². The van der Waals surface area contributed by atoms with Gasteiger partial charge in [0.05, 0.1) is 5.69 Å². The Morgan fingerprint density at radius 3 is 3.24 bits per heavy atom. The van der Waals surface area contributed by atoms with E-state index < -0.39 is 6.09 Å². The van der Waals surface area contributed by atoms with Crippen molar-refractivity contribution in [2.24, 2.45) is 0 Å². The lowest BCUT2D eigenvalue weighted by Crippen LogP contribution is -2.38. The maximum absolute atomic E-state index is 11.2. The molecule has 108 valence electrons. The summed E-state index contributed by atoms with van der Waals surface area (Å²) in [6.45, 7) is 1.06. The maximum atomic E-state index is 11.2. The number of nitrogens with zero attached hydrogens (tertiary/aromatic N) is 5. The molecule has 2 N–H and O–H groups in total. The zero-order valence-corrected chi connectivity index (χ0v) is 11.2. The first-order valence-electron chi connectivity index (χ1n) is 6.89. The fourth-order valence-electron chi connectivity index (χ4n) is 3.07. The van der Waals surface area contributed by atoms with Crippen molar-refractivity contribution in [2.45, 2.75) is 18.8 Å². The second-order valence-corrected chi connectivity index (χ2v) is 5.32. The number of hydrogen-bond acceptors (Lipinski definition) is 4. The Labute approximate surface area is 119 Å². The molecule has 1 fully saturated rings. The maximum Gasteiger partial charge on any atom is 0.407 e. The monoisotopic (exact) mass is 286 g/mol. The second-order valence-electron chi connectivity index (χ2n) is 5.32. The summed E-state index contributed by atoms with van der Waals surface area (Å²) in [5.74, 6) is 0.0767. The van der Waals surface area contributed by atoms with Gasteiger partial charge in [-0.05, 0) is 18.9 Å². The Morgan fingerprint density at radius 1 is 1.48 bits per heavy atom. The Balaban J connectivity index is 1.82. The molecule has 4 heterocycles. The van der Waals surface area contributed by atoms with E-state index in [1.165, 1.54) is 4.90 Å². The number of aromatic nitrogens is 5. The van der Waals surface area contributed by atoms with Crippen LogP contribution in [0.3, 0.4) is 0 Å². The predicted octanol–water partition coefficient (Wildman–Crippen LogP) is 1.46. The van der Waals surface area contributed by atoms with Crippen molar-refractivity contribution in [2.75, 3.05) is 13.1 Å². The van der Waals surface area contributed by atoms with E-state index in [-0.39, 0.29) is 5.92 Å². The number of rotatable bonds is 1. The van der Waals surface area contributed by atoms with Gasteiger partial charge in [-0.15, -0.1) is 5.10 Å². The van der Waals surface area contributed by atoms with Crippen LogP contribution < -0.4 is 0 Å². The summed E-state index contributed by atoms with van der Waals surface area (Å²) in [4.78, 5) is 20.0. The van der Waals surface area contributed by atoms with E-state index in [1.54, 1.807) is 10.8 Å². The largest absolute Gasteiger partial charge is 0.465 e. The topological polar surface area (TPSA) is 99.4 Å². The quantitative estimate of drug-likeness (QED) is 0.705. The molecule has 3 aromatic heterocycles. The molecule has 21 heavy (non-hydrogen) atoms. The summed E-state index contributed by atoms with van der Waals surface area (Å²) in [6.07, 6.45) is 4.36. The van der Waals surface area contributed by atoms with E-state index in [1.807, 2.05) is 12.3 Å². The lowest BCUT2D eigenvalue weighted by atomic mass is 9.94. The molecule has 0 aliphatic carbocycles. The third kappa shape index (κ3) is 1.83. The van der Waals surface area contributed by atoms with E-state index in [0.717, 1.165) is 35.1 Å². The van der Waals surface area contributed by atoms with Gasteiger partial charge in [0, 0.05) is 30.6 Å². The first-order chi connectivity index (χ1) is 10.2. The van der Waals surface area contributed by atoms with Gasteiger partial charge >= 0.3 is 6.09 Å². The van der Waals surface area contributed by atoms with Gasteiger partial charge in [0.25, 0.3) is 0 Å². The molecule has 8 nitrogen and oxygen atoms in total. The minimum absolute atomic E-state index is 0.0767. The van der Waals surface area contributed by atoms with Gasteiger partial charge in [0.1, 0.15) is 17.5 Å². The Bertz CT molecular complexity index is 822. The van der Waals surface area contributed by atoms with E-state index in [9.17, 15) is 9.90 Å². The number of likely N-dealkylation sites (tertiary alicyclic amines) is 1. The van der Waals surface area contributed by atoms with Crippen LogP contribution in [0.4, 0.5) is 4.79 Å². The SMILES string of the molecule is O=C(O)N1CCCC(c2nnn3cnc4[nH]ccc4c23)C1. The number of H-pyrrole nitrogens is 1. The van der Waals surface area contributed by atoms with Gasteiger partial charge < -0.3 is 15.0 Å². The highest BCUT2D eigenvalue weighted by Gasteiger charge is 2.28. The summed E-state index contributed by atoms with van der Waals surface area (Å²) in [5, 5.41) is 18.5. The number of fused-ring (bicyclic) bond motifs is 3. The average molecular weight is 286 g/mol. The van der Waals surface area contributed by atoms with Crippen molar-refractivity contribution in [3.63, 3.8) is 0 Å². The summed E-state index contributed by atoms with van der Waals surface area (Å²) >= 11 is 0. The molecule has 3 aromatic rings. The zero-order valence-electron chi connectivity index (χ0n) is 11.2. The Hall–Kier alpha value is -2.64. The molecule has 1 amide bonds. The summed E-state index contributed by atoms with van der Waals surface area (Å²) in [7, 11) is 0. The first kappa shape index (κ1) is 12.1. The minimum atomic E-state index is -0.871. The Morgan fingerprint density at radius 2 is 2.38 bits per heavy atom. The number of piperidine rings is 1. The standard InChI is InChI=1S/C13H14N6O2/c20-13(21)18-5-1-2-8(6-18)10-11-9-3-4-14-12(9)15-7-19(11)17-16-10/h3-4,7-8,14H,1-2,5-6H2,(H,20,21). The minimum Gasteiger partial charge on any atom is -0.465 e. The van der Waals surface area contributed by atoms with Crippen LogP contribution in [-0.2, 0) is 0 Å². The van der Waals surface area contributed by atoms with Crippen molar-refractivity contribution in [1.82, 2.24) is 29.7 Å². The molecule has 0 radical (unpaired) electrons. The molecule has 0 aromatic carbocycles. The lowest BCUT2D eigenvalue weighted by molar-refractivity contribution is 0.130. The van der Waals surface area contributed by atoms with Gasteiger partial charge in [0.2, 0.25) is 0 Å². The van der Waals surface area contributed by atoms with E-state index in [4.69, 9.17) is 0 Å². The van der Waals surface area contributed by atoms with Crippen LogP contribution in [0.1, 0.15) is 24.5 Å². The van der Waals surface area contributed by atoms with Gasteiger partial charge in [-0.3, -0.25) is 0 Å². The first-order valence-corrected chi connectivity index (χ1v) is 6.89. The number of hydrogen-bond donors (Lipinski definition) is 2. The van der Waals surface area contributed by atoms with E-state index in [0.29, 0.717) is 13.1 Å². The van der Waals surface area contributed by atoms with E-state index in [2.05, 4.69) is 20.3 Å². The van der Waals surface area contributed by atoms with Crippen LogP contribution in [0, 0.1) is 0 Å². The molecule has 1 atom stereocenters. The summed E-state index contributed by atoms with van der Waals surface area (Å²) in [5.41, 5.74) is 2.56. The molecule has 0 bridgehead atoms. The summed E-state index contributed by atoms with van der Waals surface area (Å²) in [6, 6.07) is 1.95. The highest BCUT2D eigenvalue weighted by molar-refractivity contribution is 5.92. The van der Waals surface area contributed by atoms with Crippen molar-refractivity contribution < 1.29 is 9.90 Å². The third-order valence-corrected chi connectivity index (χ3v) is 4.08. The Kier molecular flexibility index (Phi) is 2.56. The van der Waals surface area contributed by atoms with Gasteiger partial charge in [-0.1, -0.05) is 5.21 Å². The molecule has 0 saturated carbocycles. The highest BCUT2D eigenvalue weighted by atomic mass is 16.4. The number of carbonyl (C=O) groups is 1. The van der Waals surface area contributed by atoms with Gasteiger partial charge in [-0.25, -0.2) is 14.3 Å². The van der Waals surface area contributed by atoms with Crippen LogP contribution in [0.2, 0.25) is 0 Å². The van der Waals surface area contributed by atoms with Crippen LogP contribution >= 0.6 is 0 Å². The van der Waals surface area contributed by atoms with Crippen molar-refractivity contribution in [3.8, 4) is 0 Å². The second kappa shape index (κ2) is 4.44. The van der Waals surface area contributed by atoms with Gasteiger partial charge in [-0.2, -0.15) is 0 Å². The zero-order chi connectivity index (χ0) is 14.4. The van der Waals surface area contributed by atoms with Crippen LogP contribution in [0.25, 0.3) is 16.6 Å². The fourth-order valence-corrected chi connectivity index (χ4v) is 3.07. The molecular weight excluding hydrogens is 272 g/mol. The number of amides is 1. The normalized spacial score (nSPS) is 19.4. The third-order valence-electron chi connectivity index (χ3n) is 4.08. The lowest BCUT2D eigenvalue weighted by Gasteiger charge is -2.29. The smallest absolute Gasteiger partial charge is 0.407 e. The molecule has 4 rings (SSSR count). The molecule has 1 unspecified atom stereocenters. The predicted molar refractivity (Wildman–Crippen MR) is 74.2 cm³/mol.